The second-order valence-electron chi connectivity index (χ2n) is 3.05. The number of rotatable bonds is 4. The Bertz CT molecular complexity index is 324. The number of hydrogen-bond donors (Lipinski definition) is 0. The van der Waals surface area contributed by atoms with Crippen LogP contribution in [0.1, 0.15) is 12.5 Å². The standard InChI is InChI=1S/C11H12BrClO2/c1-2-15-11(14)10(13)7-8-3-5-9(12)6-4-8/h3-6,10H,2,7H2,1H3/t10-/m0/s1. The van der Waals surface area contributed by atoms with Crippen LogP contribution in [0.2, 0.25) is 0 Å². The van der Waals surface area contributed by atoms with Gasteiger partial charge in [0.2, 0.25) is 0 Å². The van der Waals surface area contributed by atoms with Gasteiger partial charge in [-0.05, 0) is 31.0 Å². The van der Waals surface area contributed by atoms with E-state index in [1.807, 2.05) is 24.3 Å². The molecule has 0 radical (unpaired) electrons. The minimum Gasteiger partial charge on any atom is -0.465 e. The monoisotopic (exact) mass is 290 g/mol. The van der Waals surface area contributed by atoms with Crippen molar-refractivity contribution in [1.29, 1.82) is 0 Å². The molecule has 2 nitrogen and oxygen atoms in total. The lowest BCUT2D eigenvalue weighted by atomic mass is 10.1. The van der Waals surface area contributed by atoms with Crippen LogP contribution < -0.4 is 0 Å². The van der Waals surface area contributed by atoms with Gasteiger partial charge in [0.25, 0.3) is 0 Å². The fraction of sp³-hybridized carbons (Fsp3) is 0.364. The number of halogens is 2. The number of benzene rings is 1. The van der Waals surface area contributed by atoms with Gasteiger partial charge in [-0.15, -0.1) is 11.6 Å². The second kappa shape index (κ2) is 6.13. The number of alkyl halides is 1. The van der Waals surface area contributed by atoms with Crippen LogP contribution in [0.3, 0.4) is 0 Å². The Morgan fingerprint density at radius 2 is 2.07 bits per heavy atom. The predicted octanol–water partition coefficient (Wildman–Crippen LogP) is 3.16. The Balaban J connectivity index is 2.54. The summed E-state index contributed by atoms with van der Waals surface area (Å²) in [6.07, 6.45) is 0.494. The maximum atomic E-state index is 11.3. The van der Waals surface area contributed by atoms with Gasteiger partial charge < -0.3 is 4.74 Å². The summed E-state index contributed by atoms with van der Waals surface area (Å²) < 4.78 is 5.83. The highest BCUT2D eigenvalue weighted by atomic mass is 79.9. The molecule has 1 rings (SSSR count). The molecule has 0 saturated heterocycles. The number of carbonyl (C=O) groups is 1. The highest BCUT2D eigenvalue weighted by Crippen LogP contribution is 2.14. The van der Waals surface area contributed by atoms with Crippen LogP contribution in [-0.2, 0) is 16.0 Å². The Kier molecular flexibility index (Phi) is 5.12. The van der Waals surface area contributed by atoms with Crippen LogP contribution in [0.25, 0.3) is 0 Å². The molecule has 0 N–H and O–H groups in total. The average Bonchev–Trinajstić information content (AvgIpc) is 2.22. The number of esters is 1. The van der Waals surface area contributed by atoms with Crippen LogP contribution in [-0.4, -0.2) is 18.0 Å². The maximum absolute atomic E-state index is 11.3. The van der Waals surface area contributed by atoms with E-state index in [4.69, 9.17) is 16.3 Å². The molecule has 0 spiro atoms. The molecule has 0 fully saturated rings. The molecule has 0 heterocycles. The molecule has 1 aromatic rings. The van der Waals surface area contributed by atoms with Crippen LogP contribution in [0, 0.1) is 0 Å². The van der Waals surface area contributed by atoms with Crippen LogP contribution in [0.4, 0.5) is 0 Å². The molecule has 0 aromatic heterocycles. The third kappa shape index (κ3) is 4.22. The molecule has 0 aliphatic rings. The first-order valence-electron chi connectivity index (χ1n) is 4.68. The SMILES string of the molecule is CCOC(=O)[C@@H](Cl)Cc1ccc(Br)cc1. The van der Waals surface area contributed by atoms with Crippen molar-refractivity contribution in [3.05, 3.63) is 34.3 Å². The molecular weight excluding hydrogens is 279 g/mol. The van der Waals surface area contributed by atoms with Gasteiger partial charge in [0, 0.05) is 4.47 Å². The van der Waals surface area contributed by atoms with Crippen LogP contribution >= 0.6 is 27.5 Å². The van der Waals surface area contributed by atoms with Crippen molar-refractivity contribution >= 4 is 33.5 Å². The van der Waals surface area contributed by atoms with Gasteiger partial charge in [0.1, 0.15) is 5.38 Å². The lowest BCUT2D eigenvalue weighted by molar-refractivity contribution is -0.142. The summed E-state index contributed by atoms with van der Waals surface area (Å²) in [7, 11) is 0. The Morgan fingerprint density at radius 3 is 2.60 bits per heavy atom. The van der Waals surface area contributed by atoms with E-state index in [-0.39, 0.29) is 5.97 Å². The van der Waals surface area contributed by atoms with E-state index in [0.29, 0.717) is 13.0 Å². The lowest BCUT2D eigenvalue weighted by Crippen LogP contribution is -2.20. The third-order valence-electron chi connectivity index (χ3n) is 1.87. The van der Waals surface area contributed by atoms with E-state index < -0.39 is 5.38 Å². The average molecular weight is 292 g/mol. The molecule has 1 aromatic carbocycles. The molecule has 0 saturated carbocycles. The van der Waals surface area contributed by atoms with Crippen LogP contribution in [0.15, 0.2) is 28.7 Å². The number of ether oxygens (including phenoxy) is 1. The summed E-state index contributed by atoms with van der Waals surface area (Å²) in [5.74, 6) is -0.359. The van der Waals surface area contributed by atoms with Crippen molar-refractivity contribution in [1.82, 2.24) is 0 Å². The van der Waals surface area contributed by atoms with Gasteiger partial charge in [0.05, 0.1) is 6.61 Å². The van der Waals surface area contributed by atoms with E-state index >= 15 is 0 Å². The lowest BCUT2D eigenvalue weighted by Gasteiger charge is -2.08. The summed E-state index contributed by atoms with van der Waals surface area (Å²) in [6.45, 7) is 2.13. The van der Waals surface area contributed by atoms with Gasteiger partial charge in [-0.1, -0.05) is 28.1 Å². The predicted molar refractivity (Wildman–Crippen MR) is 64.1 cm³/mol. The molecule has 0 aliphatic heterocycles. The number of hydrogen-bond acceptors (Lipinski definition) is 2. The Hall–Kier alpha value is -0.540. The Morgan fingerprint density at radius 1 is 1.47 bits per heavy atom. The summed E-state index contributed by atoms with van der Waals surface area (Å²) >= 11 is 9.24. The maximum Gasteiger partial charge on any atom is 0.324 e. The van der Waals surface area contributed by atoms with Crippen molar-refractivity contribution in [3.63, 3.8) is 0 Å². The largest absolute Gasteiger partial charge is 0.465 e. The minimum atomic E-state index is -0.605. The fourth-order valence-electron chi connectivity index (χ4n) is 1.14. The van der Waals surface area contributed by atoms with Gasteiger partial charge in [-0.2, -0.15) is 0 Å². The normalized spacial score (nSPS) is 12.2. The second-order valence-corrected chi connectivity index (χ2v) is 4.49. The summed E-state index contributed by atoms with van der Waals surface area (Å²) in [4.78, 5) is 11.3. The van der Waals surface area contributed by atoms with Gasteiger partial charge >= 0.3 is 5.97 Å². The van der Waals surface area contributed by atoms with E-state index in [1.54, 1.807) is 6.92 Å². The smallest absolute Gasteiger partial charge is 0.324 e. The highest BCUT2D eigenvalue weighted by molar-refractivity contribution is 9.10. The molecule has 15 heavy (non-hydrogen) atoms. The summed E-state index contributed by atoms with van der Waals surface area (Å²) in [5.41, 5.74) is 1.02. The van der Waals surface area contributed by atoms with Gasteiger partial charge in [-0.3, -0.25) is 4.79 Å². The van der Waals surface area contributed by atoms with E-state index in [1.165, 1.54) is 0 Å². The molecule has 1 atom stereocenters. The third-order valence-corrected chi connectivity index (χ3v) is 2.73. The molecule has 0 bridgehead atoms. The molecule has 0 amide bonds. The van der Waals surface area contributed by atoms with Crippen molar-refractivity contribution in [2.45, 2.75) is 18.7 Å². The van der Waals surface area contributed by atoms with Crippen molar-refractivity contribution in [2.24, 2.45) is 0 Å². The zero-order chi connectivity index (χ0) is 11.3. The molecule has 82 valence electrons. The van der Waals surface area contributed by atoms with E-state index in [2.05, 4.69) is 15.9 Å². The van der Waals surface area contributed by atoms with Crippen molar-refractivity contribution in [2.75, 3.05) is 6.61 Å². The van der Waals surface area contributed by atoms with Gasteiger partial charge in [0.15, 0.2) is 0 Å². The topological polar surface area (TPSA) is 26.3 Å². The van der Waals surface area contributed by atoms with E-state index in [0.717, 1.165) is 10.0 Å². The molecule has 0 aliphatic carbocycles. The van der Waals surface area contributed by atoms with Gasteiger partial charge in [-0.25, -0.2) is 0 Å². The summed E-state index contributed by atoms with van der Waals surface area (Å²) in [5, 5.41) is -0.605. The molecule has 4 heteroatoms. The first-order valence-corrected chi connectivity index (χ1v) is 5.91. The van der Waals surface area contributed by atoms with Crippen LogP contribution in [0.5, 0.6) is 0 Å². The Labute approximate surface area is 103 Å². The van der Waals surface area contributed by atoms with Crippen molar-refractivity contribution < 1.29 is 9.53 Å². The fourth-order valence-corrected chi connectivity index (χ4v) is 1.65. The molecule has 0 unspecified atom stereocenters. The minimum absolute atomic E-state index is 0.359. The summed E-state index contributed by atoms with van der Waals surface area (Å²) in [6, 6.07) is 7.70. The van der Waals surface area contributed by atoms with Crippen molar-refractivity contribution in [3.8, 4) is 0 Å². The molecular formula is C11H12BrClO2. The highest BCUT2D eigenvalue weighted by Gasteiger charge is 2.16. The first kappa shape index (κ1) is 12.5. The van der Waals surface area contributed by atoms with E-state index in [9.17, 15) is 4.79 Å². The zero-order valence-corrected chi connectivity index (χ0v) is 10.7. The first-order chi connectivity index (χ1) is 7.13. The quantitative estimate of drug-likeness (QED) is 0.629. The number of carbonyl (C=O) groups excluding carboxylic acids is 1. The zero-order valence-electron chi connectivity index (χ0n) is 8.37.